The first-order valence-electron chi connectivity index (χ1n) is 9.36. The number of fused-ring (bicyclic) bond motifs is 2. The van der Waals surface area contributed by atoms with Gasteiger partial charge in [0.05, 0.1) is 22.8 Å². The minimum absolute atomic E-state index is 0.123. The summed E-state index contributed by atoms with van der Waals surface area (Å²) in [4.78, 5) is 24.8. The molecule has 0 radical (unpaired) electrons. The van der Waals surface area contributed by atoms with Crippen LogP contribution < -0.4 is 0 Å². The number of H-pyrrole nitrogens is 1. The Morgan fingerprint density at radius 2 is 1.90 bits per heavy atom. The second kappa shape index (κ2) is 7.18. The van der Waals surface area contributed by atoms with Gasteiger partial charge in [0, 0.05) is 34.9 Å². The predicted octanol–water partition coefficient (Wildman–Crippen LogP) is 5.04. The SMILES string of the molecule is O=C(c1nc2ccncc2[nH]1)c1cn(CCc2ccc(Cl)cc2)c2ccccc12. The second-order valence-corrected chi connectivity index (χ2v) is 7.37. The molecule has 0 aliphatic rings. The number of aryl methyl sites for hydroxylation is 2. The highest BCUT2D eigenvalue weighted by Gasteiger charge is 2.19. The molecule has 5 rings (SSSR count). The number of aromatic amines is 1. The number of aromatic nitrogens is 4. The average molecular weight is 401 g/mol. The minimum atomic E-state index is -0.123. The Kier molecular flexibility index (Phi) is 4.37. The van der Waals surface area contributed by atoms with Gasteiger partial charge in [0.2, 0.25) is 5.78 Å². The molecule has 5 nitrogen and oxygen atoms in total. The maximum absolute atomic E-state index is 13.2. The molecule has 29 heavy (non-hydrogen) atoms. The molecule has 0 spiro atoms. The summed E-state index contributed by atoms with van der Waals surface area (Å²) >= 11 is 5.98. The molecule has 0 atom stereocenters. The molecular weight excluding hydrogens is 384 g/mol. The highest BCUT2D eigenvalue weighted by atomic mass is 35.5. The number of hydrogen-bond acceptors (Lipinski definition) is 3. The van der Waals surface area contributed by atoms with Crippen molar-refractivity contribution in [2.24, 2.45) is 0 Å². The zero-order valence-electron chi connectivity index (χ0n) is 15.5. The largest absolute Gasteiger partial charge is 0.346 e. The fourth-order valence-electron chi connectivity index (χ4n) is 3.61. The normalized spacial score (nSPS) is 11.3. The molecule has 0 fully saturated rings. The number of ketones is 1. The van der Waals surface area contributed by atoms with E-state index in [-0.39, 0.29) is 5.78 Å². The molecule has 3 aromatic heterocycles. The van der Waals surface area contributed by atoms with Gasteiger partial charge in [0.25, 0.3) is 0 Å². The van der Waals surface area contributed by atoms with Gasteiger partial charge in [0.15, 0.2) is 5.82 Å². The third kappa shape index (κ3) is 3.30. The molecule has 0 saturated heterocycles. The van der Waals surface area contributed by atoms with Crippen molar-refractivity contribution < 1.29 is 4.79 Å². The van der Waals surface area contributed by atoms with Crippen molar-refractivity contribution in [2.45, 2.75) is 13.0 Å². The van der Waals surface area contributed by atoms with Crippen LogP contribution in [0.15, 0.2) is 73.2 Å². The van der Waals surface area contributed by atoms with Crippen LogP contribution >= 0.6 is 11.6 Å². The topological polar surface area (TPSA) is 63.6 Å². The lowest BCUT2D eigenvalue weighted by atomic mass is 10.1. The van der Waals surface area contributed by atoms with Crippen LogP contribution in [-0.4, -0.2) is 25.3 Å². The van der Waals surface area contributed by atoms with Crippen molar-refractivity contribution in [3.63, 3.8) is 0 Å². The van der Waals surface area contributed by atoms with Crippen LogP contribution in [0.3, 0.4) is 0 Å². The number of hydrogen-bond donors (Lipinski definition) is 1. The lowest BCUT2D eigenvalue weighted by Crippen LogP contribution is -2.04. The number of halogens is 1. The van der Waals surface area contributed by atoms with Gasteiger partial charge in [-0.2, -0.15) is 0 Å². The van der Waals surface area contributed by atoms with E-state index in [2.05, 4.69) is 19.5 Å². The number of para-hydroxylation sites is 1. The summed E-state index contributed by atoms with van der Waals surface area (Å²) < 4.78 is 2.13. The number of carbonyl (C=O) groups excluding carboxylic acids is 1. The van der Waals surface area contributed by atoms with Gasteiger partial charge in [0.1, 0.15) is 0 Å². The van der Waals surface area contributed by atoms with Gasteiger partial charge in [-0.05, 0) is 36.2 Å². The molecular formula is C23H17ClN4O. The lowest BCUT2D eigenvalue weighted by Gasteiger charge is -2.05. The summed E-state index contributed by atoms with van der Waals surface area (Å²) in [7, 11) is 0. The van der Waals surface area contributed by atoms with Gasteiger partial charge in [-0.25, -0.2) is 4.98 Å². The van der Waals surface area contributed by atoms with Gasteiger partial charge in [-0.1, -0.05) is 41.9 Å². The Bertz CT molecular complexity index is 1300. The van der Waals surface area contributed by atoms with Crippen LogP contribution in [-0.2, 0) is 13.0 Å². The lowest BCUT2D eigenvalue weighted by molar-refractivity contribution is 0.103. The Morgan fingerprint density at radius 1 is 1.07 bits per heavy atom. The molecule has 6 heteroatoms. The monoisotopic (exact) mass is 400 g/mol. The smallest absolute Gasteiger partial charge is 0.230 e. The van der Waals surface area contributed by atoms with Crippen molar-refractivity contribution in [3.05, 3.63) is 95.2 Å². The van der Waals surface area contributed by atoms with E-state index in [1.54, 1.807) is 18.5 Å². The molecule has 142 valence electrons. The van der Waals surface area contributed by atoms with E-state index in [1.807, 2.05) is 54.7 Å². The van der Waals surface area contributed by atoms with Gasteiger partial charge in [-0.15, -0.1) is 0 Å². The summed E-state index contributed by atoms with van der Waals surface area (Å²) in [6.45, 7) is 0.763. The fourth-order valence-corrected chi connectivity index (χ4v) is 3.73. The van der Waals surface area contributed by atoms with E-state index < -0.39 is 0 Å². The third-order valence-electron chi connectivity index (χ3n) is 5.09. The zero-order valence-corrected chi connectivity index (χ0v) is 16.2. The van der Waals surface area contributed by atoms with Gasteiger partial charge in [-0.3, -0.25) is 9.78 Å². The van der Waals surface area contributed by atoms with Gasteiger partial charge >= 0.3 is 0 Å². The molecule has 1 N–H and O–H groups in total. The van der Waals surface area contributed by atoms with Crippen LogP contribution in [0.4, 0.5) is 0 Å². The number of carbonyl (C=O) groups is 1. The van der Waals surface area contributed by atoms with E-state index in [0.29, 0.717) is 11.4 Å². The summed E-state index contributed by atoms with van der Waals surface area (Å²) in [5.74, 6) is 0.205. The van der Waals surface area contributed by atoms with Crippen molar-refractivity contribution in [3.8, 4) is 0 Å². The van der Waals surface area contributed by atoms with Crippen LogP contribution in [0.2, 0.25) is 5.02 Å². The minimum Gasteiger partial charge on any atom is -0.346 e. The number of nitrogens with zero attached hydrogens (tertiary/aromatic N) is 3. The van der Waals surface area contributed by atoms with Crippen molar-refractivity contribution in [2.75, 3.05) is 0 Å². The number of rotatable bonds is 5. The highest BCUT2D eigenvalue weighted by molar-refractivity contribution is 6.30. The van der Waals surface area contributed by atoms with E-state index in [9.17, 15) is 4.79 Å². The van der Waals surface area contributed by atoms with Crippen molar-refractivity contribution in [1.82, 2.24) is 19.5 Å². The quantitative estimate of drug-likeness (QED) is 0.420. The Balaban J connectivity index is 1.50. The Hall–Kier alpha value is -3.44. The first-order chi connectivity index (χ1) is 14.2. The Labute approximate surface area is 172 Å². The number of pyridine rings is 1. The Morgan fingerprint density at radius 3 is 2.72 bits per heavy atom. The second-order valence-electron chi connectivity index (χ2n) is 6.94. The predicted molar refractivity (Wildman–Crippen MR) is 114 cm³/mol. The molecule has 0 saturated carbocycles. The van der Waals surface area contributed by atoms with E-state index in [1.165, 1.54) is 5.56 Å². The zero-order chi connectivity index (χ0) is 19.8. The van der Waals surface area contributed by atoms with Crippen LogP contribution in [0, 0.1) is 0 Å². The molecule has 0 amide bonds. The van der Waals surface area contributed by atoms with Crippen LogP contribution in [0.1, 0.15) is 21.7 Å². The molecule has 0 bridgehead atoms. The first-order valence-corrected chi connectivity index (χ1v) is 9.73. The molecule has 2 aromatic carbocycles. The van der Waals surface area contributed by atoms with E-state index >= 15 is 0 Å². The number of benzene rings is 2. The highest BCUT2D eigenvalue weighted by Crippen LogP contribution is 2.24. The van der Waals surface area contributed by atoms with Crippen LogP contribution in [0.5, 0.6) is 0 Å². The summed E-state index contributed by atoms with van der Waals surface area (Å²) in [5, 5.41) is 1.65. The molecule has 0 aliphatic heterocycles. The maximum Gasteiger partial charge on any atom is 0.230 e. The number of nitrogens with one attached hydrogen (secondary N) is 1. The third-order valence-corrected chi connectivity index (χ3v) is 5.34. The summed E-state index contributed by atoms with van der Waals surface area (Å²) in [6, 6.07) is 17.6. The van der Waals surface area contributed by atoms with E-state index in [4.69, 9.17) is 11.6 Å². The standard InChI is InChI=1S/C23H17ClN4O/c24-16-7-5-15(6-8-16)10-12-28-14-18(17-3-1-2-4-21(17)28)22(29)23-26-19-9-11-25-13-20(19)27-23/h1-9,11,13-14H,10,12H2,(H,26,27). The maximum atomic E-state index is 13.2. The molecule has 3 heterocycles. The van der Waals surface area contributed by atoms with Crippen molar-refractivity contribution >= 4 is 39.3 Å². The van der Waals surface area contributed by atoms with E-state index in [0.717, 1.165) is 39.9 Å². The van der Waals surface area contributed by atoms with Crippen LogP contribution in [0.25, 0.3) is 21.9 Å². The van der Waals surface area contributed by atoms with Crippen molar-refractivity contribution in [1.29, 1.82) is 0 Å². The molecule has 0 unspecified atom stereocenters. The first kappa shape index (κ1) is 17.6. The fraction of sp³-hybridized carbons (Fsp3) is 0.0870. The summed E-state index contributed by atoms with van der Waals surface area (Å²) in [6.07, 6.45) is 6.11. The van der Waals surface area contributed by atoms with Gasteiger partial charge < -0.3 is 9.55 Å². The molecule has 0 aliphatic carbocycles. The molecule has 5 aromatic rings. The number of imidazole rings is 1. The summed E-state index contributed by atoms with van der Waals surface area (Å²) in [5.41, 5.74) is 4.35. The average Bonchev–Trinajstić information content (AvgIpc) is 3.35.